The normalized spacial score (nSPS) is 17.4. The first-order valence-electron chi connectivity index (χ1n) is 10.2. The van der Waals surface area contributed by atoms with Gasteiger partial charge in [-0.2, -0.15) is 5.10 Å². The number of likely N-dealkylation sites (tertiary alicyclic amines) is 1. The summed E-state index contributed by atoms with van der Waals surface area (Å²) in [5.74, 6) is 2.24. The fourth-order valence-electron chi connectivity index (χ4n) is 4.06. The molecule has 1 fully saturated rings. The highest BCUT2D eigenvalue weighted by Gasteiger charge is 2.25. The van der Waals surface area contributed by atoms with Gasteiger partial charge in [-0.05, 0) is 32.2 Å². The molecule has 9 heteroatoms. The summed E-state index contributed by atoms with van der Waals surface area (Å²) in [7, 11) is 0. The average molecular weight is 405 g/mol. The fraction of sp³-hybridized carbons (Fsp3) is 0.381. The lowest BCUT2D eigenvalue weighted by Gasteiger charge is -2.31. The van der Waals surface area contributed by atoms with E-state index in [-0.39, 0.29) is 0 Å². The van der Waals surface area contributed by atoms with Crippen molar-refractivity contribution >= 4 is 0 Å². The number of aromatic nitrogens is 6. The Balaban J connectivity index is 1.30. The number of rotatable bonds is 6. The molecule has 0 aliphatic carbocycles. The smallest absolute Gasteiger partial charge is 0.253 e. The van der Waals surface area contributed by atoms with E-state index < -0.39 is 0 Å². The number of piperidine rings is 1. The van der Waals surface area contributed by atoms with E-state index in [4.69, 9.17) is 8.94 Å². The Hall–Kier alpha value is -3.33. The van der Waals surface area contributed by atoms with E-state index >= 15 is 0 Å². The molecule has 1 saturated heterocycles. The van der Waals surface area contributed by atoms with Crippen molar-refractivity contribution in [3.05, 3.63) is 54.6 Å². The number of hydrogen-bond donors (Lipinski definition) is 0. The Bertz CT molecular complexity index is 1090. The minimum atomic E-state index is 0.443. The molecule has 0 radical (unpaired) electrons. The van der Waals surface area contributed by atoms with E-state index in [9.17, 15) is 0 Å². The molecule has 154 valence electrons. The van der Waals surface area contributed by atoms with Crippen LogP contribution in [0.25, 0.3) is 22.7 Å². The molecule has 9 nitrogen and oxygen atoms in total. The summed E-state index contributed by atoms with van der Waals surface area (Å²) in [6, 6.07) is 9.88. The van der Waals surface area contributed by atoms with Crippen LogP contribution in [0.5, 0.6) is 0 Å². The van der Waals surface area contributed by atoms with Gasteiger partial charge in [0.25, 0.3) is 5.89 Å². The first kappa shape index (κ1) is 18.7. The highest BCUT2D eigenvalue weighted by Crippen LogP contribution is 2.33. The van der Waals surface area contributed by atoms with Gasteiger partial charge in [-0.25, -0.2) is 4.98 Å². The average Bonchev–Trinajstić information content (AvgIpc) is 3.51. The fourth-order valence-corrected chi connectivity index (χ4v) is 4.06. The van der Waals surface area contributed by atoms with Crippen molar-refractivity contribution in [1.29, 1.82) is 0 Å². The third-order valence-electron chi connectivity index (χ3n) is 5.46. The predicted molar refractivity (Wildman–Crippen MR) is 108 cm³/mol. The summed E-state index contributed by atoms with van der Waals surface area (Å²) < 4.78 is 13.4. The summed E-state index contributed by atoms with van der Waals surface area (Å²) >= 11 is 0. The molecule has 0 amide bonds. The maximum atomic E-state index is 6.02. The minimum absolute atomic E-state index is 0.443. The molecule has 5 rings (SSSR count). The summed E-state index contributed by atoms with van der Waals surface area (Å²) in [6.45, 7) is 5.36. The molecule has 0 spiro atoms. The largest absolute Gasteiger partial charge is 0.419 e. The van der Waals surface area contributed by atoms with Crippen LogP contribution in [0.3, 0.4) is 0 Å². The van der Waals surface area contributed by atoms with Crippen molar-refractivity contribution in [3.63, 3.8) is 0 Å². The van der Waals surface area contributed by atoms with Crippen molar-refractivity contribution in [3.8, 4) is 22.7 Å². The van der Waals surface area contributed by atoms with E-state index in [1.54, 1.807) is 12.7 Å². The van der Waals surface area contributed by atoms with Crippen LogP contribution in [0.15, 0.2) is 51.9 Å². The van der Waals surface area contributed by atoms with Gasteiger partial charge < -0.3 is 8.94 Å². The third kappa shape index (κ3) is 3.88. The van der Waals surface area contributed by atoms with Crippen molar-refractivity contribution in [1.82, 2.24) is 35.0 Å². The maximum Gasteiger partial charge on any atom is 0.253 e. The van der Waals surface area contributed by atoms with Gasteiger partial charge >= 0.3 is 0 Å². The van der Waals surface area contributed by atoms with Crippen molar-refractivity contribution < 1.29 is 8.94 Å². The predicted octanol–water partition coefficient (Wildman–Crippen LogP) is 3.20. The molecule has 0 bridgehead atoms. The Kier molecular flexibility index (Phi) is 5.10. The van der Waals surface area contributed by atoms with Gasteiger partial charge in [0.15, 0.2) is 0 Å². The standard InChI is InChI=1S/C21H23N7O2/c1-15-19(20(26-30-15)17-7-3-2-4-8-17)21-25-24-18(29-21)12-27-9-5-6-16(10-27)11-28-14-22-13-23-28/h2-4,7-8,13-14,16H,5-6,9-12H2,1H3. The van der Waals surface area contributed by atoms with E-state index in [2.05, 4.69) is 30.3 Å². The van der Waals surface area contributed by atoms with Gasteiger partial charge in [0.05, 0.1) is 6.54 Å². The summed E-state index contributed by atoms with van der Waals surface area (Å²) in [4.78, 5) is 6.39. The number of aryl methyl sites for hydroxylation is 1. The van der Waals surface area contributed by atoms with Crippen LogP contribution < -0.4 is 0 Å². The van der Waals surface area contributed by atoms with E-state index in [1.807, 2.05) is 41.9 Å². The van der Waals surface area contributed by atoms with Crippen molar-refractivity contribution in [2.24, 2.45) is 5.92 Å². The third-order valence-corrected chi connectivity index (χ3v) is 5.46. The molecule has 0 N–H and O–H groups in total. The first-order valence-corrected chi connectivity index (χ1v) is 10.2. The number of nitrogens with zero attached hydrogens (tertiary/aromatic N) is 7. The molecule has 30 heavy (non-hydrogen) atoms. The molecule has 0 saturated carbocycles. The molecule has 4 aromatic rings. The molecule has 4 heterocycles. The summed E-state index contributed by atoms with van der Waals surface area (Å²) in [6.07, 6.45) is 5.68. The Morgan fingerprint density at radius 1 is 1.17 bits per heavy atom. The van der Waals surface area contributed by atoms with Crippen molar-refractivity contribution in [2.45, 2.75) is 32.9 Å². The van der Waals surface area contributed by atoms with E-state index in [0.29, 0.717) is 35.7 Å². The second kappa shape index (κ2) is 8.19. The molecule has 1 aromatic carbocycles. The SMILES string of the molecule is Cc1onc(-c2ccccc2)c1-c1nnc(CN2CCCC(Cn3cncn3)C2)o1. The van der Waals surface area contributed by atoms with Gasteiger partial charge in [-0.15, -0.1) is 10.2 Å². The van der Waals surface area contributed by atoms with E-state index in [1.165, 1.54) is 6.42 Å². The topological polar surface area (TPSA) is 98.9 Å². The van der Waals surface area contributed by atoms with Gasteiger partial charge in [0.1, 0.15) is 29.7 Å². The molecular weight excluding hydrogens is 382 g/mol. The molecular formula is C21H23N7O2. The zero-order valence-electron chi connectivity index (χ0n) is 16.8. The first-order chi connectivity index (χ1) is 14.8. The zero-order chi connectivity index (χ0) is 20.3. The van der Waals surface area contributed by atoms with Crippen LogP contribution in [0.2, 0.25) is 0 Å². The minimum Gasteiger partial charge on any atom is -0.419 e. The zero-order valence-corrected chi connectivity index (χ0v) is 16.8. The summed E-state index contributed by atoms with van der Waals surface area (Å²) in [5, 5.41) is 17.0. The number of hydrogen-bond acceptors (Lipinski definition) is 8. The monoisotopic (exact) mass is 405 g/mol. The second-order valence-corrected chi connectivity index (χ2v) is 7.69. The lowest BCUT2D eigenvalue weighted by molar-refractivity contribution is 0.142. The van der Waals surface area contributed by atoms with Crippen LogP contribution in [0.1, 0.15) is 24.5 Å². The molecule has 1 unspecified atom stereocenters. The second-order valence-electron chi connectivity index (χ2n) is 7.69. The highest BCUT2D eigenvalue weighted by molar-refractivity contribution is 5.77. The van der Waals surface area contributed by atoms with Crippen LogP contribution in [-0.4, -0.2) is 48.1 Å². The van der Waals surface area contributed by atoms with Crippen molar-refractivity contribution in [2.75, 3.05) is 13.1 Å². The van der Waals surface area contributed by atoms with Crippen LogP contribution in [0.4, 0.5) is 0 Å². The quantitative estimate of drug-likeness (QED) is 0.482. The molecule has 1 aliphatic rings. The van der Waals surface area contributed by atoms with Crippen LogP contribution in [0, 0.1) is 12.8 Å². The Labute approximate surface area is 173 Å². The van der Waals surface area contributed by atoms with Gasteiger partial charge in [0, 0.05) is 18.7 Å². The van der Waals surface area contributed by atoms with Gasteiger partial charge in [-0.1, -0.05) is 35.5 Å². The highest BCUT2D eigenvalue weighted by atomic mass is 16.5. The Morgan fingerprint density at radius 3 is 2.90 bits per heavy atom. The lowest BCUT2D eigenvalue weighted by Crippen LogP contribution is -2.36. The van der Waals surface area contributed by atoms with E-state index in [0.717, 1.165) is 37.2 Å². The molecule has 1 atom stereocenters. The van der Waals surface area contributed by atoms with Gasteiger partial charge in [0.2, 0.25) is 5.89 Å². The number of benzene rings is 1. The van der Waals surface area contributed by atoms with Crippen LogP contribution in [-0.2, 0) is 13.1 Å². The lowest BCUT2D eigenvalue weighted by atomic mass is 9.98. The summed E-state index contributed by atoms with van der Waals surface area (Å²) in [5.41, 5.74) is 2.42. The maximum absolute atomic E-state index is 6.02. The molecule has 1 aliphatic heterocycles. The van der Waals surface area contributed by atoms with Crippen LogP contribution >= 0.6 is 0 Å². The molecule has 3 aromatic heterocycles. The Morgan fingerprint density at radius 2 is 2.07 bits per heavy atom. The van der Waals surface area contributed by atoms with Gasteiger partial charge in [-0.3, -0.25) is 9.58 Å².